The van der Waals surface area contributed by atoms with Gasteiger partial charge in [-0.05, 0) is 70.6 Å². The highest BCUT2D eigenvalue weighted by Crippen LogP contribution is 2.22. The molecule has 5 heteroatoms. The summed E-state index contributed by atoms with van der Waals surface area (Å²) in [7, 11) is 2.07. The summed E-state index contributed by atoms with van der Waals surface area (Å²) in [5.41, 5.74) is 8.26. The van der Waals surface area contributed by atoms with Crippen LogP contribution < -0.4 is 5.73 Å². The van der Waals surface area contributed by atoms with Crippen molar-refractivity contribution >= 4 is 27.3 Å². The van der Waals surface area contributed by atoms with Crippen LogP contribution in [0.2, 0.25) is 0 Å². The Morgan fingerprint density at radius 2 is 2.20 bits per heavy atom. The maximum atomic E-state index is 13.1. The van der Waals surface area contributed by atoms with E-state index in [1.165, 1.54) is 17.7 Å². The predicted octanol–water partition coefficient (Wildman–Crippen LogP) is 4.17. The Kier molecular flexibility index (Phi) is 5.72. The summed E-state index contributed by atoms with van der Waals surface area (Å²) in [6.07, 6.45) is 0.811. The second-order valence-corrected chi connectivity index (χ2v) is 7.24. The lowest BCUT2D eigenvalue weighted by Gasteiger charge is -2.19. The van der Waals surface area contributed by atoms with Crippen LogP contribution in [0, 0.1) is 5.82 Å². The highest BCUT2D eigenvalue weighted by atomic mass is 79.9. The molecule has 0 saturated heterocycles. The van der Waals surface area contributed by atoms with Crippen LogP contribution in [0.25, 0.3) is 0 Å². The third kappa shape index (κ3) is 4.66. The van der Waals surface area contributed by atoms with E-state index in [1.807, 2.05) is 6.07 Å². The van der Waals surface area contributed by atoms with Crippen molar-refractivity contribution in [3.8, 4) is 0 Å². The monoisotopic (exact) mass is 356 g/mol. The van der Waals surface area contributed by atoms with Gasteiger partial charge in [-0.15, -0.1) is 11.3 Å². The number of halogens is 2. The fourth-order valence-corrected chi connectivity index (χ4v) is 3.28. The quantitative estimate of drug-likeness (QED) is 0.841. The molecule has 0 amide bonds. The molecule has 0 aliphatic rings. The molecule has 0 saturated carbocycles. The number of benzene rings is 1. The molecule has 0 spiro atoms. The fraction of sp³-hybridized carbons (Fsp3) is 0.333. The highest BCUT2D eigenvalue weighted by molar-refractivity contribution is 9.11. The van der Waals surface area contributed by atoms with Crippen LogP contribution in [0.3, 0.4) is 0 Å². The lowest BCUT2D eigenvalue weighted by Crippen LogP contribution is -2.23. The standard InChI is InChI=1S/C15H18BrFN2S/c1-19(9-11-7-15(16)20-10-11)6-5-14(18)12-3-2-4-13(17)8-12/h2-4,7-8,10,14H,5-6,9,18H2,1H3. The van der Waals surface area contributed by atoms with Gasteiger partial charge in [-0.25, -0.2) is 4.39 Å². The Hall–Kier alpha value is -0.750. The van der Waals surface area contributed by atoms with Crippen LogP contribution in [0.4, 0.5) is 4.39 Å². The van der Waals surface area contributed by atoms with Crippen LogP contribution in [0.1, 0.15) is 23.6 Å². The van der Waals surface area contributed by atoms with Crippen molar-refractivity contribution in [1.82, 2.24) is 4.90 Å². The molecule has 1 heterocycles. The summed E-state index contributed by atoms with van der Waals surface area (Å²) in [5, 5.41) is 2.15. The van der Waals surface area contributed by atoms with Gasteiger partial charge in [0.05, 0.1) is 3.79 Å². The topological polar surface area (TPSA) is 29.3 Å². The highest BCUT2D eigenvalue weighted by Gasteiger charge is 2.09. The van der Waals surface area contributed by atoms with Gasteiger partial charge in [0.15, 0.2) is 0 Å². The molecule has 1 unspecified atom stereocenters. The van der Waals surface area contributed by atoms with Crippen molar-refractivity contribution in [3.63, 3.8) is 0 Å². The van der Waals surface area contributed by atoms with E-state index in [4.69, 9.17) is 5.73 Å². The third-order valence-electron chi connectivity index (χ3n) is 3.17. The molecule has 1 atom stereocenters. The van der Waals surface area contributed by atoms with Crippen LogP contribution in [-0.2, 0) is 6.54 Å². The number of hydrogen-bond donors (Lipinski definition) is 1. The first-order valence-electron chi connectivity index (χ1n) is 6.47. The average Bonchev–Trinajstić information content (AvgIpc) is 2.81. The second kappa shape index (κ2) is 7.31. The first-order valence-corrected chi connectivity index (χ1v) is 8.14. The normalized spacial score (nSPS) is 12.8. The summed E-state index contributed by atoms with van der Waals surface area (Å²) < 4.78 is 14.3. The minimum Gasteiger partial charge on any atom is -0.324 e. The number of hydrogen-bond acceptors (Lipinski definition) is 3. The molecule has 1 aromatic carbocycles. The molecular formula is C15H18BrFN2S. The number of nitrogens with zero attached hydrogens (tertiary/aromatic N) is 1. The Morgan fingerprint density at radius 1 is 1.40 bits per heavy atom. The Labute approximate surface area is 131 Å². The maximum absolute atomic E-state index is 13.1. The summed E-state index contributed by atoms with van der Waals surface area (Å²) in [6.45, 7) is 1.78. The first-order chi connectivity index (χ1) is 9.54. The van der Waals surface area contributed by atoms with Crippen molar-refractivity contribution in [2.24, 2.45) is 5.73 Å². The van der Waals surface area contributed by atoms with Gasteiger partial charge in [0.1, 0.15) is 5.82 Å². The van der Waals surface area contributed by atoms with Gasteiger partial charge >= 0.3 is 0 Å². The van der Waals surface area contributed by atoms with Gasteiger partial charge in [0, 0.05) is 12.6 Å². The zero-order chi connectivity index (χ0) is 14.5. The molecule has 2 rings (SSSR count). The van der Waals surface area contributed by atoms with E-state index in [0.29, 0.717) is 0 Å². The van der Waals surface area contributed by atoms with Gasteiger partial charge in [-0.1, -0.05) is 12.1 Å². The van der Waals surface area contributed by atoms with Crippen LogP contribution in [-0.4, -0.2) is 18.5 Å². The first kappa shape index (κ1) is 15.6. The molecule has 2 nitrogen and oxygen atoms in total. The summed E-state index contributed by atoms with van der Waals surface area (Å²) in [4.78, 5) is 2.23. The van der Waals surface area contributed by atoms with Crippen LogP contribution in [0.15, 0.2) is 39.5 Å². The number of thiophene rings is 1. The molecule has 0 radical (unpaired) electrons. The van der Waals surface area contributed by atoms with Crippen molar-refractivity contribution in [2.45, 2.75) is 19.0 Å². The molecule has 2 N–H and O–H groups in total. The lowest BCUT2D eigenvalue weighted by atomic mass is 10.0. The fourth-order valence-electron chi connectivity index (χ4n) is 2.08. The third-order valence-corrected chi connectivity index (χ3v) is 4.73. The average molecular weight is 357 g/mol. The smallest absolute Gasteiger partial charge is 0.123 e. The van der Waals surface area contributed by atoms with E-state index >= 15 is 0 Å². The Morgan fingerprint density at radius 3 is 2.85 bits per heavy atom. The molecule has 1 aromatic heterocycles. The van der Waals surface area contributed by atoms with Crippen LogP contribution in [0.5, 0.6) is 0 Å². The summed E-state index contributed by atoms with van der Waals surface area (Å²) in [5.74, 6) is -0.227. The van der Waals surface area contributed by atoms with E-state index in [-0.39, 0.29) is 11.9 Å². The Balaban J connectivity index is 1.82. The molecule has 20 heavy (non-hydrogen) atoms. The molecular weight excluding hydrogens is 339 g/mol. The van der Waals surface area contributed by atoms with E-state index in [0.717, 1.165) is 28.9 Å². The molecule has 2 aromatic rings. The maximum Gasteiger partial charge on any atom is 0.123 e. The van der Waals surface area contributed by atoms with Crippen molar-refractivity contribution < 1.29 is 4.39 Å². The second-order valence-electron chi connectivity index (χ2n) is 4.95. The van der Waals surface area contributed by atoms with Gasteiger partial charge in [-0.2, -0.15) is 0 Å². The van der Waals surface area contributed by atoms with Gasteiger partial charge < -0.3 is 10.6 Å². The summed E-state index contributed by atoms with van der Waals surface area (Å²) >= 11 is 5.16. The molecule has 0 aliphatic carbocycles. The molecule has 0 aliphatic heterocycles. The van der Waals surface area contributed by atoms with Gasteiger partial charge in [0.25, 0.3) is 0 Å². The van der Waals surface area contributed by atoms with Crippen molar-refractivity contribution in [2.75, 3.05) is 13.6 Å². The minimum absolute atomic E-state index is 0.123. The Bertz CT molecular complexity index is 558. The summed E-state index contributed by atoms with van der Waals surface area (Å²) in [6, 6.07) is 8.55. The molecule has 0 fully saturated rings. The zero-order valence-corrected chi connectivity index (χ0v) is 13.8. The molecule has 0 bridgehead atoms. The zero-order valence-electron chi connectivity index (χ0n) is 11.4. The van der Waals surface area contributed by atoms with E-state index in [2.05, 4.69) is 39.3 Å². The van der Waals surface area contributed by atoms with Crippen molar-refractivity contribution in [1.29, 1.82) is 0 Å². The van der Waals surface area contributed by atoms with Crippen molar-refractivity contribution in [3.05, 3.63) is 56.4 Å². The predicted molar refractivity (Wildman–Crippen MR) is 86.3 cm³/mol. The van der Waals surface area contributed by atoms with Crippen LogP contribution >= 0.6 is 27.3 Å². The number of rotatable bonds is 6. The van der Waals surface area contributed by atoms with E-state index in [9.17, 15) is 4.39 Å². The lowest BCUT2D eigenvalue weighted by molar-refractivity contribution is 0.312. The molecule has 108 valence electrons. The van der Waals surface area contributed by atoms with E-state index < -0.39 is 0 Å². The van der Waals surface area contributed by atoms with E-state index in [1.54, 1.807) is 17.4 Å². The van der Waals surface area contributed by atoms with Gasteiger partial charge in [-0.3, -0.25) is 0 Å². The largest absolute Gasteiger partial charge is 0.324 e. The van der Waals surface area contributed by atoms with Gasteiger partial charge in [0.2, 0.25) is 0 Å². The minimum atomic E-state index is -0.227. The number of nitrogens with two attached hydrogens (primary N) is 1. The SMILES string of the molecule is CN(CCC(N)c1cccc(F)c1)Cc1csc(Br)c1.